The maximum atomic E-state index is 11.5. The highest BCUT2D eigenvalue weighted by atomic mass is 32.2. The molecule has 0 saturated heterocycles. The number of nitrogens with one attached hydrogen (secondary N) is 1. The molecule has 0 aromatic carbocycles. The molecule has 0 heterocycles. The lowest BCUT2D eigenvalue weighted by molar-refractivity contribution is 0.512. The Bertz CT molecular complexity index is 252. The van der Waals surface area contributed by atoms with Crippen LogP contribution < -0.4 is 4.72 Å². The van der Waals surface area contributed by atoms with E-state index in [4.69, 9.17) is 0 Å². The molecule has 1 aliphatic rings. The molecule has 0 aromatic rings. The van der Waals surface area contributed by atoms with Gasteiger partial charge in [0.25, 0.3) is 0 Å². The molecule has 0 aliphatic heterocycles. The Balaban J connectivity index is 2.73. The molecule has 4 heteroatoms. The van der Waals surface area contributed by atoms with Gasteiger partial charge in [-0.05, 0) is 32.2 Å². The molecule has 1 fully saturated rings. The van der Waals surface area contributed by atoms with Gasteiger partial charge in [0.15, 0.2) is 0 Å². The highest BCUT2D eigenvalue weighted by Gasteiger charge is 2.53. The molecular weight excluding hydrogens is 174 g/mol. The van der Waals surface area contributed by atoms with Gasteiger partial charge in [0, 0.05) is 0 Å². The number of hydrogen-bond donors (Lipinski definition) is 1. The van der Waals surface area contributed by atoms with Crippen molar-refractivity contribution in [2.75, 3.05) is 7.05 Å². The van der Waals surface area contributed by atoms with Crippen molar-refractivity contribution in [2.45, 2.75) is 37.9 Å². The molecule has 3 nitrogen and oxygen atoms in total. The van der Waals surface area contributed by atoms with Gasteiger partial charge in [-0.2, -0.15) is 0 Å². The van der Waals surface area contributed by atoms with Crippen LogP contribution in [-0.2, 0) is 10.0 Å². The first-order chi connectivity index (χ1) is 5.43. The minimum Gasteiger partial charge on any atom is -0.218 e. The van der Waals surface area contributed by atoms with Crippen molar-refractivity contribution < 1.29 is 8.42 Å². The van der Waals surface area contributed by atoms with Crippen LogP contribution in [0, 0.1) is 5.92 Å². The van der Waals surface area contributed by atoms with Crippen molar-refractivity contribution in [1.29, 1.82) is 0 Å². The zero-order valence-electron chi connectivity index (χ0n) is 7.92. The Hall–Kier alpha value is -0.0900. The van der Waals surface area contributed by atoms with Crippen molar-refractivity contribution in [2.24, 2.45) is 5.92 Å². The molecule has 1 N–H and O–H groups in total. The SMILES string of the molecule is CNS(=O)(=O)C1(CC(C)C)CC1. The summed E-state index contributed by atoms with van der Waals surface area (Å²) in [4.78, 5) is 0. The van der Waals surface area contributed by atoms with Crippen LogP contribution in [0.15, 0.2) is 0 Å². The van der Waals surface area contributed by atoms with Gasteiger partial charge in [-0.3, -0.25) is 0 Å². The quantitative estimate of drug-likeness (QED) is 0.723. The van der Waals surface area contributed by atoms with Gasteiger partial charge in [-0.15, -0.1) is 0 Å². The van der Waals surface area contributed by atoms with E-state index in [2.05, 4.69) is 18.6 Å². The molecule has 1 aliphatic carbocycles. The minimum atomic E-state index is -3.03. The molecule has 12 heavy (non-hydrogen) atoms. The standard InChI is InChI=1S/C8H17NO2S/c1-7(2)6-8(4-5-8)12(10,11)9-3/h7,9H,4-6H2,1-3H3. The van der Waals surface area contributed by atoms with E-state index in [1.165, 1.54) is 7.05 Å². The van der Waals surface area contributed by atoms with Gasteiger partial charge >= 0.3 is 0 Å². The van der Waals surface area contributed by atoms with Crippen LogP contribution in [0.3, 0.4) is 0 Å². The summed E-state index contributed by atoms with van der Waals surface area (Å²) in [5.41, 5.74) is 0. The Morgan fingerprint density at radius 3 is 2.17 bits per heavy atom. The zero-order valence-corrected chi connectivity index (χ0v) is 8.74. The first kappa shape index (κ1) is 9.99. The molecule has 0 unspecified atom stereocenters. The molecule has 1 rings (SSSR count). The summed E-state index contributed by atoms with van der Waals surface area (Å²) in [6, 6.07) is 0. The van der Waals surface area contributed by atoms with Crippen molar-refractivity contribution in [3.63, 3.8) is 0 Å². The van der Waals surface area contributed by atoms with E-state index < -0.39 is 14.8 Å². The van der Waals surface area contributed by atoms with Crippen LogP contribution in [0.25, 0.3) is 0 Å². The highest BCUT2D eigenvalue weighted by molar-refractivity contribution is 7.91. The van der Waals surface area contributed by atoms with Gasteiger partial charge in [-0.25, -0.2) is 13.1 Å². The summed E-state index contributed by atoms with van der Waals surface area (Å²) in [6.07, 6.45) is 2.44. The molecule has 0 atom stereocenters. The summed E-state index contributed by atoms with van der Waals surface area (Å²) in [5.74, 6) is 0.454. The molecular formula is C8H17NO2S. The molecule has 0 radical (unpaired) electrons. The van der Waals surface area contributed by atoms with E-state index in [9.17, 15) is 8.42 Å². The Morgan fingerprint density at radius 1 is 1.42 bits per heavy atom. The fourth-order valence-corrected chi connectivity index (χ4v) is 3.31. The fourth-order valence-electron chi connectivity index (χ4n) is 1.68. The Labute approximate surface area is 74.6 Å². The number of hydrogen-bond acceptors (Lipinski definition) is 2. The average molecular weight is 191 g/mol. The lowest BCUT2D eigenvalue weighted by atomic mass is 10.1. The van der Waals surface area contributed by atoms with Crippen molar-refractivity contribution in [3.05, 3.63) is 0 Å². The summed E-state index contributed by atoms with van der Waals surface area (Å²) in [6.45, 7) is 4.12. The molecule has 0 bridgehead atoms. The van der Waals surface area contributed by atoms with E-state index in [-0.39, 0.29) is 0 Å². The summed E-state index contributed by atoms with van der Waals surface area (Å²) in [7, 11) is -1.54. The third-order valence-electron chi connectivity index (χ3n) is 2.43. The smallest absolute Gasteiger partial charge is 0.217 e. The zero-order chi connectivity index (χ0) is 9.41. The second kappa shape index (κ2) is 3.00. The predicted octanol–water partition coefficient (Wildman–Crippen LogP) is 1.11. The summed E-state index contributed by atoms with van der Waals surface area (Å²) in [5, 5.41) is 0. The van der Waals surface area contributed by atoms with E-state index >= 15 is 0 Å². The van der Waals surface area contributed by atoms with E-state index in [1.807, 2.05) is 0 Å². The number of sulfonamides is 1. The first-order valence-corrected chi connectivity index (χ1v) is 5.85. The van der Waals surface area contributed by atoms with Gasteiger partial charge < -0.3 is 0 Å². The van der Waals surface area contributed by atoms with Gasteiger partial charge in [0.2, 0.25) is 10.0 Å². The monoisotopic (exact) mass is 191 g/mol. The molecule has 0 spiro atoms. The lowest BCUT2D eigenvalue weighted by Gasteiger charge is -2.16. The molecule has 72 valence electrons. The third-order valence-corrected chi connectivity index (χ3v) is 4.68. The second-order valence-electron chi connectivity index (χ2n) is 3.99. The van der Waals surface area contributed by atoms with Crippen LogP contribution >= 0.6 is 0 Å². The van der Waals surface area contributed by atoms with Crippen LogP contribution in [0.4, 0.5) is 0 Å². The van der Waals surface area contributed by atoms with E-state index in [0.29, 0.717) is 5.92 Å². The molecule has 0 aromatic heterocycles. The van der Waals surface area contributed by atoms with Gasteiger partial charge in [-0.1, -0.05) is 13.8 Å². The summed E-state index contributed by atoms with van der Waals surface area (Å²) < 4.78 is 25.0. The van der Waals surface area contributed by atoms with E-state index in [0.717, 1.165) is 19.3 Å². The molecule has 0 amide bonds. The minimum absolute atomic E-state index is 0.421. The van der Waals surface area contributed by atoms with E-state index in [1.54, 1.807) is 0 Å². The normalized spacial score (nSPS) is 21.3. The van der Waals surface area contributed by atoms with Crippen molar-refractivity contribution in [1.82, 2.24) is 4.72 Å². The molecule has 1 saturated carbocycles. The van der Waals surface area contributed by atoms with Crippen LogP contribution in [0.5, 0.6) is 0 Å². The van der Waals surface area contributed by atoms with Gasteiger partial charge in [0.05, 0.1) is 4.75 Å². The maximum Gasteiger partial charge on any atom is 0.217 e. The topological polar surface area (TPSA) is 46.2 Å². The largest absolute Gasteiger partial charge is 0.218 e. The van der Waals surface area contributed by atoms with Crippen LogP contribution in [-0.4, -0.2) is 20.2 Å². The average Bonchev–Trinajstić information content (AvgIpc) is 2.68. The maximum absolute atomic E-state index is 11.5. The fraction of sp³-hybridized carbons (Fsp3) is 1.00. The lowest BCUT2D eigenvalue weighted by Crippen LogP contribution is -2.34. The Kier molecular flexibility index (Phi) is 2.50. The van der Waals surface area contributed by atoms with Crippen LogP contribution in [0.1, 0.15) is 33.1 Å². The number of rotatable bonds is 4. The summed E-state index contributed by atoms with van der Waals surface area (Å²) >= 11 is 0. The third kappa shape index (κ3) is 1.64. The van der Waals surface area contributed by atoms with Crippen molar-refractivity contribution in [3.8, 4) is 0 Å². The first-order valence-electron chi connectivity index (χ1n) is 4.37. The van der Waals surface area contributed by atoms with Crippen LogP contribution in [0.2, 0.25) is 0 Å². The predicted molar refractivity (Wildman–Crippen MR) is 49.4 cm³/mol. The Morgan fingerprint density at radius 2 is 1.92 bits per heavy atom. The van der Waals surface area contributed by atoms with Gasteiger partial charge in [0.1, 0.15) is 0 Å². The second-order valence-corrected chi connectivity index (χ2v) is 6.27. The highest BCUT2D eigenvalue weighted by Crippen LogP contribution is 2.47. The van der Waals surface area contributed by atoms with Crippen molar-refractivity contribution >= 4 is 10.0 Å².